The number of amides is 2. The molecule has 0 saturated heterocycles. The molecule has 0 unspecified atom stereocenters. The molecule has 0 aliphatic carbocycles. The summed E-state index contributed by atoms with van der Waals surface area (Å²) < 4.78 is 3.72. The van der Waals surface area contributed by atoms with E-state index < -0.39 is 0 Å². The number of para-hydroxylation sites is 1. The summed E-state index contributed by atoms with van der Waals surface area (Å²) in [4.78, 5) is 41.2. The predicted molar refractivity (Wildman–Crippen MR) is 127 cm³/mol. The van der Waals surface area contributed by atoms with E-state index in [0.29, 0.717) is 39.5 Å². The van der Waals surface area contributed by atoms with Gasteiger partial charge < -0.3 is 10.2 Å². The van der Waals surface area contributed by atoms with Crippen molar-refractivity contribution in [1.29, 1.82) is 0 Å². The SMILES string of the molecule is CC(C)NC(=O)c1c2n(c(=O)n1-c1ccccc1)CCN(C(=O)c1ccc(Br)c(Cl)c1)C2. The maximum absolute atomic E-state index is 13.3. The molecule has 166 valence electrons. The largest absolute Gasteiger partial charge is 0.349 e. The van der Waals surface area contributed by atoms with Gasteiger partial charge in [0.1, 0.15) is 5.69 Å². The number of nitrogens with zero attached hydrogens (tertiary/aromatic N) is 3. The average molecular weight is 518 g/mol. The van der Waals surface area contributed by atoms with Crippen molar-refractivity contribution in [3.63, 3.8) is 0 Å². The molecule has 2 aromatic carbocycles. The van der Waals surface area contributed by atoms with E-state index in [0.717, 1.165) is 0 Å². The minimum absolute atomic E-state index is 0.108. The lowest BCUT2D eigenvalue weighted by Gasteiger charge is -2.28. The molecule has 9 heteroatoms. The van der Waals surface area contributed by atoms with Gasteiger partial charge in [-0.2, -0.15) is 0 Å². The van der Waals surface area contributed by atoms with Gasteiger partial charge in [0, 0.05) is 29.2 Å². The molecule has 3 aromatic rings. The fraction of sp³-hybridized carbons (Fsp3) is 0.261. The number of hydrogen-bond acceptors (Lipinski definition) is 3. The van der Waals surface area contributed by atoms with Gasteiger partial charge >= 0.3 is 5.69 Å². The van der Waals surface area contributed by atoms with Crippen LogP contribution in [0.2, 0.25) is 5.02 Å². The topological polar surface area (TPSA) is 76.3 Å². The summed E-state index contributed by atoms with van der Waals surface area (Å²) in [6, 6.07) is 14.0. The Labute approximate surface area is 198 Å². The highest BCUT2D eigenvalue weighted by Crippen LogP contribution is 2.26. The Morgan fingerprint density at radius 1 is 1.09 bits per heavy atom. The van der Waals surface area contributed by atoms with Crippen LogP contribution in [-0.4, -0.2) is 38.4 Å². The highest BCUT2D eigenvalue weighted by Gasteiger charge is 2.32. The van der Waals surface area contributed by atoms with Crippen LogP contribution in [0, 0.1) is 0 Å². The van der Waals surface area contributed by atoms with E-state index in [9.17, 15) is 14.4 Å². The third-order valence-corrected chi connectivity index (χ3v) is 6.51. The Bertz CT molecular complexity index is 1250. The number of aromatic nitrogens is 2. The van der Waals surface area contributed by atoms with Crippen LogP contribution in [0.5, 0.6) is 0 Å². The summed E-state index contributed by atoms with van der Waals surface area (Å²) in [5, 5.41) is 3.33. The van der Waals surface area contributed by atoms with Crippen LogP contribution in [-0.2, 0) is 13.1 Å². The van der Waals surface area contributed by atoms with Gasteiger partial charge in [-0.25, -0.2) is 4.79 Å². The highest BCUT2D eigenvalue weighted by molar-refractivity contribution is 9.10. The van der Waals surface area contributed by atoms with Gasteiger partial charge in [-0.3, -0.25) is 18.7 Å². The molecule has 32 heavy (non-hydrogen) atoms. The number of carbonyl (C=O) groups is 2. The quantitative estimate of drug-likeness (QED) is 0.571. The van der Waals surface area contributed by atoms with Crippen LogP contribution in [0.15, 0.2) is 57.8 Å². The smallest absolute Gasteiger partial charge is 0.333 e. The first-order valence-electron chi connectivity index (χ1n) is 10.2. The molecule has 0 radical (unpaired) electrons. The number of benzene rings is 2. The summed E-state index contributed by atoms with van der Waals surface area (Å²) in [6.07, 6.45) is 0. The second-order valence-corrected chi connectivity index (χ2v) is 9.15. The van der Waals surface area contributed by atoms with E-state index in [1.54, 1.807) is 39.8 Å². The molecular weight excluding hydrogens is 496 g/mol. The lowest BCUT2D eigenvalue weighted by Crippen LogP contribution is -2.41. The first-order valence-corrected chi connectivity index (χ1v) is 11.4. The summed E-state index contributed by atoms with van der Waals surface area (Å²) >= 11 is 9.50. The number of halogens is 2. The Morgan fingerprint density at radius 2 is 1.81 bits per heavy atom. The minimum Gasteiger partial charge on any atom is -0.349 e. The molecule has 2 heterocycles. The fourth-order valence-corrected chi connectivity index (χ4v) is 4.25. The van der Waals surface area contributed by atoms with Crippen molar-refractivity contribution in [2.75, 3.05) is 6.54 Å². The molecule has 7 nitrogen and oxygen atoms in total. The summed E-state index contributed by atoms with van der Waals surface area (Å²) in [7, 11) is 0. The van der Waals surface area contributed by atoms with Gasteiger partial charge in [0.2, 0.25) is 0 Å². The Hall–Kier alpha value is -2.84. The molecule has 0 spiro atoms. The van der Waals surface area contributed by atoms with E-state index in [2.05, 4.69) is 21.2 Å². The van der Waals surface area contributed by atoms with Crippen molar-refractivity contribution in [1.82, 2.24) is 19.4 Å². The zero-order valence-corrected chi connectivity index (χ0v) is 20.0. The van der Waals surface area contributed by atoms with Gasteiger partial charge in [0.05, 0.1) is 22.9 Å². The molecule has 0 saturated carbocycles. The lowest BCUT2D eigenvalue weighted by molar-refractivity contribution is 0.0706. The molecular formula is C23H22BrClN4O3. The molecule has 1 N–H and O–H groups in total. The van der Waals surface area contributed by atoms with Crippen molar-refractivity contribution in [3.8, 4) is 5.69 Å². The van der Waals surface area contributed by atoms with E-state index in [1.807, 2.05) is 32.0 Å². The molecule has 0 fully saturated rings. The number of fused-ring (bicyclic) bond motifs is 1. The highest BCUT2D eigenvalue weighted by atomic mass is 79.9. The first kappa shape index (κ1) is 22.4. The third-order valence-electron chi connectivity index (χ3n) is 5.28. The Kier molecular flexibility index (Phi) is 6.26. The number of carbonyl (C=O) groups excluding carboxylic acids is 2. The van der Waals surface area contributed by atoms with Gasteiger partial charge in [-0.05, 0) is 60.1 Å². The molecule has 1 aromatic heterocycles. The van der Waals surface area contributed by atoms with Crippen LogP contribution >= 0.6 is 27.5 Å². The maximum Gasteiger partial charge on any atom is 0.333 e. The van der Waals surface area contributed by atoms with Crippen LogP contribution in [0.3, 0.4) is 0 Å². The van der Waals surface area contributed by atoms with Crippen molar-refractivity contribution in [2.45, 2.75) is 33.0 Å². The number of rotatable bonds is 4. The molecule has 1 aliphatic heterocycles. The van der Waals surface area contributed by atoms with Gasteiger partial charge in [-0.15, -0.1) is 0 Å². The zero-order valence-electron chi connectivity index (χ0n) is 17.6. The van der Waals surface area contributed by atoms with Crippen molar-refractivity contribution in [3.05, 3.63) is 85.5 Å². The number of nitrogens with one attached hydrogen (secondary N) is 1. The zero-order chi connectivity index (χ0) is 23.0. The van der Waals surface area contributed by atoms with E-state index in [-0.39, 0.29) is 35.8 Å². The Balaban J connectivity index is 1.78. The van der Waals surface area contributed by atoms with E-state index >= 15 is 0 Å². The van der Waals surface area contributed by atoms with Crippen LogP contribution in [0.1, 0.15) is 40.4 Å². The average Bonchev–Trinajstić information content (AvgIpc) is 3.07. The molecule has 0 atom stereocenters. The van der Waals surface area contributed by atoms with Gasteiger partial charge in [0.15, 0.2) is 0 Å². The Morgan fingerprint density at radius 3 is 2.47 bits per heavy atom. The molecule has 2 amide bonds. The third kappa shape index (κ3) is 4.12. The van der Waals surface area contributed by atoms with Crippen molar-refractivity contribution < 1.29 is 9.59 Å². The van der Waals surface area contributed by atoms with Crippen LogP contribution in [0.4, 0.5) is 0 Å². The summed E-state index contributed by atoms with van der Waals surface area (Å²) in [5.74, 6) is -0.559. The lowest BCUT2D eigenvalue weighted by atomic mass is 10.1. The summed E-state index contributed by atoms with van der Waals surface area (Å²) in [6.45, 7) is 4.51. The van der Waals surface area contributed by atoms with Gasteiger partial charge in [0.25, 0.3) is 11.8 Å². The first-order chi connectivity index (χ1) is 15.3. The van der Waals surface area contributed by atoms with E-state index in [4.69, 9.17) is 11.6 Å². The second kappa shape index (κ2) is 8.96. The monoisotopic (exact) mass is 516 g/mol. The maximum atomic E-state index is 13.3. The standard InChI is InChI=1S/C23H22BrClN4O3/c1-14(2)26-21(30)20-19-13-27(22(31)15-8-9-17(24)18(25)12-15)10-11-28(19)23(32)29(20)16-6-4-3-5-7-16/h3-9,12,14H,10-11,13H2,1-2H3,(H,26,30). The second-order valence-electron chi connectivity index (χ2n) is 7.88. The van der Waals surface area contributed by atoms with Gasteiger partial charge in [-0.1, -0.05) is 29.8 Å². The number of imidazole rings is 1. The van der Waals surface area contributed by atoms with Crippen molar-refractivity contribution in [2.24, 2.45) is 0 Å². The molecule has 0 bridgehead atoms. The minimum atomic E-state index is -0.351. The predicted octanol–water partition coefficient (Wildman–Crippen LogP) is 3.85. The molecule has 1 aliphatic rings. The summed E-state index contributed by atoms with van der Waals surface area (Å²) in [5.41, 5.74) is 1.52. The van der Waals surface area contributed by atoms with Crippen LogP contribution < -0.4 is 11.0 Å². The fourth-order valence-electron chi connectivity index (χ4n) is 3.82. The van der Waals surface area contributed by atoms with E-state index in [1.165, 1.54) is 4.57 Å². The normalized spacial score (nSPS) is 13.2. The van der Waals surface area contributed by atoms with Crippen molar-refractivity contribution >= 4 is 39.3 Å². The number of hydrogen-bond donors (Lipinski definition) is 1. The molecule has 4 rings (SSSR count). The van der Waals surface area contributed by atoms with Crippen LogP contribution in [0.25, 0.3) is 5.69 Å².